The van der Waals surface area contributed by atoms with E-state index in [1.807, 2.05) is 58.2 Å². The summed E-state index contributed by atoms with van der Waals surface area (Å²) in [5.74, 6) is 0.102. The molecular weight excluding hydrogens is 624 g/mol. The highest BCUT2D eigenvalue weighted by atomic mass is 16.5. The van der Waals surface area contributed by atoms with Gasteiger partial charge in [0.25, 0.3) is 0 Å². The molecule has 3 heterocycles. The number of ether oxygens (including phenoxy) is 1. The summed E-state index contributed by atoms with van der Waals surface area (Å²) in [6.07, 6.45) is 4.61. The molecule has 0 aliphatic carbocycles. The lowest BCUT2D eigenvalue weighted by Crippen LogP contribution is -2.38. The second kappa shape index (κ2) is 13.5. The number of rotatable bonds is 9. The predicted octanol–water partition coefficient (Wildman–Crippen LogP) is 7.43. The van der Waals surface area contributed by atoms with Crippen LogP contribution in [0, 0.1) is 0 Å². The Labute approximate surface area is 289 Å². The molecule has 7 aromatic rings. The molecule has 0 saturated carbocycles. The van der Waals surface area contributed by atoms with Crippen LogP contribution in [0.15, 0.2) is 140 Å². The van der Waals surface area contributed by atoms with Crippen LogP contribution in [0.1, 0.15) is 42.2 Å². The number of hydrogen-bond donors (Lipinski definition) is 2. The smallest absolute Gasteiger partial charge is 0.250 e. The molecule has 1 saturated heterocycles. The summed E-state index contributed by atoms with van der Waals surface area (Å²) in [5, 5.41) is 23.3. The average molecular weight is 661 g/mol. The van der Waals surface area contributed by atoms with E-state index in [-0.39, 0.29) is 6.23 Å². The largest absolute Gasteiger partial charge is 0.387 e. The van der Waals surface area contributed by atoms with Crippen LogP contribution in [-0.4, -0.2) is 48.8 Å². The summed E-state index contributed by atoms with van der Waals surface area (Å²) < 4.78 is 10.1. The molecule has 1 aliphatic rings. The topological polar surface area (TPSA) is 107 Å². The summed E-state index contributed by atoms with van der Waals surface area (Å²) in [6.45, 7) is 0.0966. The molecule has 2 aromatic heterocycles. The first-order chi connectivity index (χ1) is 24.6. The fourth-order valence-electron chi connectivity index (χ4n) is 7.07. The van der Waals surface area contributed by atoms with Crippen molar-refractivity contribution < 1.29 is 14.6 Å². The number of aliphatic hydroxyl groups excluding tert-OH is 1. The van der Waals surface area contributed by atoms with E-state index in [1.54, 1.807) is 6.07 Å². The number of aromatic nitrogens is 5. The first-order valence-corrected chi connectivity index (χ1v) is 16.9. The van der Waals surface area contributed by atoms with E-state index in [9.17, 15) is 9.90 Å². The number of carbonyl (C=O) groups is 1. The number of nitrogens with one attached hydrogen (secondary N) is 1. The van der Waals surface area contributed by atoms with Crippen LogP contribution in [0.25, 0.3) is 33.5 Å². The summed E-state index contributed by atoms with van der Waals surface area (Å²) in [6, 6.07) is 44.9. The lowest BCUT2D eigenvalue weighted by molar-refractivity contribution is -0.118. The number of fused-ring (bicyclic) bond motifs is 1. The molecule has 1 fully saturated rings. The van der Waals surface area contributed by atoms with Gasteiger partial charge < -0.3 is 15.2 Å². The van der Waals surface area contributed by atoms with E-state index in [0.717, 1.165) is 63.7 Å². The Morgan fingerprint density at radius 1 is 0.780 bits per heavy atom. The second-order valence-electron chi connectivity index (χ2n) is 12.5. The minimum absolute atomic E-state index is 0.177. The summed E-state index contributed by atoms with van der Waals surface area (Å²) >= 11 is 0. The zero-order valence-corrected chi connectivity index (χ0v) is 27.4. The normalized spacial score (nSPS) is 14.9. The molecule has 2 N–H and O–H groups in total. The highest BCUT2D eigenvalue weighted by molar-refractivity contribution is 5.97. The zero-order chi connectivity index (χ0) is 33.9. The molecule has 5 aromatic carbocycles. The minimum Gasteiger partial charge on any atom is -0.387 e. The van der Waals surface area contributed by atoms with Gasteiger partial charge in [-0.05, 0) is 66.3 Å². The van der Waals surface area contributed by atoms with Crippen molar-refractivity contribution in [2.75, 3.05) is 18.5 Å². The van der Waals surface area contributed by atoms with Gasteiger partial charge in [-0.2, -0.15) is 5.10 Å². The van der Waals surface area contributed by atoms with Gasteiger partial charge in [-0.1, -0.05) is 103 Å². The number of anilines is 1. The molecular formula is C41H36N6O3. The lowest BCUT2D eigenvalue weighted by Gasteiger charge is -2.35. The van der Waals surface area contributed by atoms with E-state index >= 15 is 0 Å². The van der Waals surface area contributed by atoms with Crippen molar-refractivity contribution in [1.82, 2.24) is 24.5 Å². The average Bonchev–Trinajstić information content (AvgIpc) is 3.83. The highest BCUT2D eigenvalue weighted by Crippen LogP contribution is 2.41. The van der Waals surface area contributed by atoms with Crippen LogP contribution >= 0.6 is 0 Å². The molecule has 8 rings (SSSR count). The quantitative estimate of drug-likeness (QED) is 0.156. The third-order valence-electron chi connectivity index (χ3n) is 9.37. The van der Waals surface area contributed by atoms with Gasteiger partial charge in [0, 0.05) is 28.8 Å². The molecule has 248 valence electrons. The maximum absolute atomic E-state index is 12.0. The molecule has 1 aliphatic heterocycles. The van der Waals surface area contributed by atoms with Crippen molar-refractivity contribution in [3.8, 4) is 22.6 Å². The van der Waals surface area contributed by atoms with Crippen molar-refractivity contribution in [2.45, 2.75) is 31.0 Å². The first-order valence-electron chi connectivity index (χ1n) is 16.9. The molecule has 9 heteroatoms. The number of hydrogen-bond acceptors (Lipinski definition) is 6. The maximum Gasteiger partial charge on any atom is 0.250 e. The summed E-state index contributed by atoms with van der Waals surface area (Å²) in [4.78, 5) is 16.9. The Kier molecular flexibility index (Phi) is 8.50. The number of aliphatic hydroxyl groups is 1. The standard InChI is InChI=1S/C41H36N6O3/c48-27-37(49)43-34-20-12-13-29(25-34)39-35-26-30(22-23-36(35)47(44-39)38-21-10-11-24-50-38)40-42-28-46(45-40)41(31-14-4-1-5-15-31,32-16-6-2-7-17-32)33-18-8-3-9-19-33/h1-9,12-20,22-23,25-26,28,38,48H,10-11,21,24,27H2,(H,43,49). The van der Waals surface area contributed by atoms with Gasteiger partial charge in [0.1, 0.15) is 24.2 Å². The van der Waals surface area contributed by atoms with Gasteiger partial charge in [0.2, 0.25) is 5.91 Å². The van der Waals surface area contributed by atoms with Crippen molar-refractivity contribution in [1.29, 1.82) is 0 Å². The summed E-state index contributed by atoms with van der Waals surface area (Å²) in [5.41, 5.74) is 6.34. The first kappa shape index (κ1) is 31.4. The van der Waals surface area contributed by atoms with Crippen LogP contribution in [0.3, 0.4) is 0 Å². The van der Waals surface area contributed by atoms with Crippen molar-refractivity contribution in [3.05, 3.63) is 156 Å². The van der Waals surface area contributed by atoms with Gasteiger partial charge in [-0.25, -0.2) is 14.3 Å². The monoisotopic (exact) mass is 660 g/mol. The molecule has 0 bridgehead atoms. The maximum atomic E-state index is 12.0. The molecule has 0 spiro atoms. The summed E-state index contributed by atoms with van der Waals surface area (Å²) in [7, 11) is 0. The van der Waals surface area contributed by atoms with E-state index in [4.69, 9.17) is 19.9 Å². The molecule has 0 radical (unpaired) electrons. The van der Waals surface area contributed by atoms with Crippen LogP contribution in [0.4, 0.5) is 5.69 Å². The van der Waals surface area contributed by atoms with Gasteiger partial charge in [0.05, 0.1) is 5.52 Å². The Hall–Kier alpha value is -5.90. The SMILES string of the molecule is O=C(CO)Nc1cccc(-c2nn(C3CCCCO3)c3ccc(-c4ncn(C(c5ccccc5)(c5ccccc5)c5ccccc5)n4)cc23)c1. The van der Waals surface area contributed by atoms with Crippen LogP contribution in [0.2, 0.25) is 0 Å². The van der Waals surface area contributed by atoms with Crippen molar-refractivity contribution in [3.63, 3.8) is 0 Å². The third kappa shape index (κ3) is 5.66. The highest BCUT2D eigenvalue weighted by Gasteiger charge is 2.39. The van der Waals surface area contributed by atoms with Crippen LogP contribution in [-0.2, 0) is 15.1 Å². The number of nitrogens with zero attached hydrogens (tertiary/aromatic N) is 5. The van der Waals surface area contributed by atoms with Gasteiger partial charge in [-0.3, -0.25) is 4.79 Å². The van der Waals surface area contributed by atoms with Gasteiger partial charge in [0.15, 0.2) is 12.1 Å². The Morgan fingerprint density at radius 3 is 2.08 bits per heavy atom. The fraction of sp³-hybridized carbons (Fsp3) is 0.171. The second-order valence-corrected chi connectivity index (χ2v) is 12.5. The number of amides is 1. The third-order valence-corrected chi connectivity index (χ3v) is 9.37. The molecule has 1 atom stereocenters. The minimum atomic E-state index is -0.785. The van der Waals surface area contributed by atoms with E-state index in [2.05, 4.69) is 90.2 Å². The van der Waals surface area contributed by atoms with E-state index < -0.39 is 18.1 Å². The number of carbonyl (C=O) groups excluding carboxylic acids is 1. The molecule has 1 unspecified atom stereocenters. The molecule has 1 amide bonds. The van der Waals surface area contributed by atoms with E-state index in [0.29, 0.717) is 18.1 Å². The number of benzene rings is 5. The fourth-order valence-corrected chi connectivity index (χ4v) is 7.07. The zero-order valence-electron chi connectivity index (χ0n) is 27.4. The molecule has 50 heavy (non-hydrogen) atoms. The van der Waals surface area contributed by atoms with Crippen molar-refractivity contribution in [2.24, 2.45) is 0 Å². The lowest BCUT2D eigenvalue weighted by atomic mass is 9.77. The van der Waals surface area contributed by atoms with Gasteiger partial charge >= 0.3 is 0 Å². The molecule has 9 nitrogen and oxygen atoms in total. The van der Waals surface area contributed by atoms with Crippen LogP contribution < -0.4 is 5.32 Å². The van der Waals surface area contributed by atoms with Crippen LogP contribution in [0.5, 0.6) is 0 Å². The van der Waals surface area contributed by atoms with E-state index in [1.165, 1.54) is 0 Å². The predicted molar refractivity (Wildman–Crippen MR) is 193 cm³/mol. The Balaban J connectivity index is 1.29. The Morgan fingerprint density at radius 2 is 1.46 bits per heavy atom. The van der Waals surface area contributed by atoms with Gasteiger partial charge in [-0.15, -0.1) is 5.10 Å². The Bertz CT molecular complexity index is 2150. The van der Waals surface area contributed by atoms with Crippen molar-refractivity contribution >= 4 is 22.5 Å².